The highest BCUT2D eigenvalue weighted by Gasteiger charge is 2.44. The van der Waals surface area contributed by atoms with Crippen molar-refractivity contribution in [2.45, 2.75) is 57.5 Å². The topological polar surface area (TPSA) is 75.4 Å². The Morgan fingerprint density at radius 3 is 2.42 bits per heavy atom. The van der Waals surface area contributed by atoms with Crippen LogP contribution in [-0.2, 0) is 4.79 Å². The maximum absolute atomic E-state index is 13.2. The first-order chi connectivity index (χ1) is 12.5. The summed E-state index contributed by atoms with van der Waals surface area (Å²) in [7, 11) is 0. The summed E-state index contributed by atoms with van der Waals surface area (Å²) in [4.78, 5) is 26.9. The minimum atomic E-state index is -0.582. The Labute approximate surface area is 155 Å². The molecule has 5 rings (SSSR count). The number of hydrogen-bond donors (Lipinski definition) is 2. The number of amides is 3. The van der Waals surface area contributed by atoms with Crippen LogP contribution in [-0.4, -0.2) is 29.4 Å². The molecule has 4 aliphatic rings. The van der Waals surface area contributed by atoms with E-state index in [1.54, 1.807) is 0 Å². The number of urea groups is 1. The molecule has 1 aromatic carbocycles. The highest BCUT2D eigenvalue weighted by molar-refractivity contribution is 5.79. The molecule has 2 unspecified atom stereocenters. The molecule has 0 spiro atoms. The van der Waals surface area contributed by atoms with E-state index < -0.39 is 6.03 Å². The number of aryl methyl sites for hydroxylation is 1. The quantitative estimate of drug-likeness (QED) is 0.871. The maximum atomic E-state index is 13.2. The largest absolute Gasteiger partial charge is 0.352 e. The van der Waals surface area contributed by atoms with Crippen molar-refractivity contribution in [2.75, 3.05) is 6.54 Å². The van der Waals surface area contributed by atoms with E-state index in [2.05, 4.69) is 10.2 Å². The number of nitrogens with zero attached hydrogens (tertiary/aromatic N) is 1. The smallest absolute Gasteiger partial charge is 0.312 e. The zero-order valence-corrected chi connectivity index (χ0v) is 15.5. The third kappa shape index (κ3) is 3.44. The van der Waals surface area contributed by atoms with E-state index in [0.29, 0.717) is 12.0 Å². The van der Waals surface area contributed by atoms with Crippen molar-refractivity contribution in [3.8, 4) is 0 Å². The van der Waals surface area contributed by atoms with E-state index in [1.165, 1.54) is 19.3 Å². The van der Waals surface area contributed by atoms with Crippen LogP contribution in [0.3, 0.4) is 0 Å². The molecule has 2 heterocycles. The highest BCUT2D eigenvalue weighted by Crippen LogP contribution is 2.47. The van der Waals surface area contributed by atoms with Gasteiger partial charge in [-0.25, -0.2) is 4.79 Å². The Kier molecular flexibility index (Phi) is 4.63. The van der Waals surface area contributed by atoms with Crippen LogP contribution in [0, 0.1) is 24.7 Å². The molecule has 5 atom stereocenters. The normalized spacial score (nSPS) is 30.7. The summed E-state index contributed by atoms with van der Waals surface area (Å²) in [6.07, 6.45) is 6.56. The van der Waals surface area contributed by atoms with Crippen molar-refractivity contribution in [3.63, 3.8) is 0 Å². The number of rotatable bonds is 4. The van der Waals surface area contributed by atoms with E-state index in [4.69, 9.17) is 5.73 Å². The van der Waals surface area contributed by atoms with Crippen LogP contribution >= 0.6 is 0 Å². The average Bonchev–Trinajstić information content (AvgIpc) is 2.78. The lowest BCUT2D eigenvalue weighted by atomic mass is 9.68. The number of primary amides is 1. The van der Waals surface area contributed by atoms with Crippen molar-refractivity contribution < 1.29 is 9.59 Å². The van der Waals surface area contributed by atoms with Gasteiger partial charge in [0.15, 0.2) is 0 Å². The fraction of sp³-hybridized carbons (Fsp3) is 0.619. The van der Waals surface area contributed by atoms with E-state index in [0.717, 1.165) is 42.3 Å². The van der Waals surface area contributed by atoms with Gasteiger partial charge < -0.3 is 16.0 Å². The molecule has 2 saturated carbocycles. The Hall–Kier alpha value is -2.04. The van der Waals surface area contributed by atoms with Crippen LogP contribution in [0.4, 0.5) is 4.79 Å². The molecular weight excluding hydrogens is 326 g/mol. The molecule has 4 fully saturated rings. The van der Waals surface area contributed by atoms with Gasteiger partial charge in [0.1, 0.15) is 0 Å². The monoisotopic (exact) mass is 355 g/mol. The van der Waals surface area contributed by atoms with Gasteiger partial charge in [0.25, 0.3) is 0 Å². The number of carbonyl (C=O) groups is 2. The van der Waals surface area contributed by atoms with Gasteiger partial charge in [0.2, 0.25) is 5.91 Å². The third-order valence-electron chi connectivity index (χ3n) is 6.69. The van der Waals surface area contributed by atoms with Crippen LogP contribution in [0.2, 0.25) is 0 Å². The van der Waals surface area contributed by atoms with Crippen molar-refractivity contribution in [1.82, 2.24) is 10.2 Å². The zero-order chi connectivity index (χ0) is 18.3. The standard InChI is InChI=1S/C21H29N3O2/c1-13-4-2-3-5-18(13)19(23-21(22)26)11-20(25)24-12-16-7-14-6-15(8-16)10-17(24)9-14/h2-5,14-17,19H,6-12H2,1H3,(H3,22,23,26)/t14-,15+,16?,17?,19-/m0/s1. The number of nitrogens with one attached hydrogen (secondary N) is 1. The fourth-order valence-corrected chi connectivity index (χ4v) is 5.77. The Morgan fingerprint density at radius 2 is 1.77 bits per heavy atom. The highest BCUT2D eigenvalue weighted by atomic mass is 16.2. The molecule has 2 saturated heterocycles. The van der Waals surface area contributed by atoms with Gasteiger partial charge in [-0.05, 0) is 67.9 Å². The molecule has 2 aliphatic heterocycles. The molecule has 3 N–H and O–H groups in total. The van der Waals surface area contributed by atoms with Gasteiger partial charge in [-0.1, -0.05) is 24.3 Å². The van der Waals surface area contributed by atoms with Crippen LogP contribution in [0.15, 0.2) is 24.3 Å². The Bertz CT molecular complexity index is 690. The number of fused-ring (bicyclic) bond motifs is 1. The van der Waals surface area contributed by atoms with Crippen molar-refractivity contribution in [3.05, 3.63) is 35.4 Å². The molecule has 0 aromatic heterocycles. The van der Waals surface area contributed by atoms with E-state index >= 15 is 0 Å². The molecule has 26 heavy (non-hydrogen) atoms. The van der Waals surface area contributed by atoms with Crippen LogP contribution in [0.1, 0.15) is 55.7 Å². The first kappa shape index (κ1) is 17.4. The van der Waals surface area contributed by atoms with Crippen LogP contribution < -0.4 is 11.1 Å². The summed E-state index contributed by atoms with van der Waals surface area (Å²) in [6.45, 7) is 2.90. The van der Waals surface area contributed by atoms with Crippen molar-refractivity contribution >= 4 is 11.9 Å². The minimum Gasteiger partial charge on any atom is -0.352 e. The lowest BCUT2D eigenvalue weighted by molar-refractivity contribution is -0.134. The molecule has 4 bridgehead atoms. The van der Waals surface area contributed by atoms with E-state index in [1.807, 2.05) is 31.2 Å². The SMILES string of the molecule is Cc1ccccc1[C@H](CC(=O)N1CC2C[C@@H]3CC1C[C@H](C2)C3)NC(N)=O. The predicted octanol–water partition coefficient (Wildman–Crippen LogP) is 3.13. The third-order valence-corrected chi connectivity index (χ3v) is 6.69. The lowest BCUT2D eigenvalue weighted by Crippen LogP contribution is -2.44. The summed E-state index contributed by atoms with van der Waals surface area (Å²) in [5.74, 6) is 2.44. The molecule has 140 valence electrons. The molecule has 0 radical (unpaired) electrons. The van der Waals surface area contributed by atoms with Gasteiger partial charge in [0, 0.05) is 12.6 Å². The van der Waals surface area contributed by atoms with Crippen LogP contribution in [0.25, 0.3) is 0 Å². The minimum absolute atomic E-state index is 0.158. The summed E-state index contributed by atoms with van der Waals surface area (Å²) < 4.78 is 0. The average molecular weight is 355 g/mol. The molecule has 2 aliphatic carbocycles. The van der Waals surface area contributed by atoms with Crippen molar-refractivity contribution in [2.24, 2.45) is 23.5 Å². The van der Waals surface area contributed by atoms with E-state index in [9.17, 15) is 9.59 Å². The Balaban J connectivity index is 1.53. The predicted molar refractivity (Wildman–Crippen MR) is 100 cm³/mol. The van der Waals surface area contributed by atoms with Gasteiger partial charge in [-0.2, -0.15) is 0 Å². The number of carbonyl (C=O) groups excluding carboxylic acids is 2. The fourth-order valence-electron chi connectivity index (χ4n) is 5.77. The lowest BCUT2D eigenvalue weighted by Gasteiger charge is -2.39. The number of benzene rings is 1. The molecule has 5 nitrogen and oxygen atoms in total. The van der Waals surface area contributed by atoms with Gasteiger partial charge in [0.05, 0.1) is 12.5 Å². The molecular formula is C21H29N3O2. The maximum Gasteiger partial charge on any atom is 0.312 e. The summed E-state index contributed by atoms with van der Waals surface area (Å²) in [5, 5.41) is 2.79. The Morgan fingerprint density at radius 1 is 1.12 bits per heavy atom. The molecule has 5 heteroatoms. The summed E-state index contributed by atoms with van der Waals surface area (Å²) in [5.41, 5.74) is 7.43. The zero-order valence-electron chi connectivity index (χ0n) is 15.5. The second kappa shape index (κ2) is 6.93. The number of nitrogens with two attached hydrogens (primary N) is 1. The first-order valence-corrected chi connectivity index (χ1v) is 9.90. The number of hydrogen-bond acceptors (Lipinski definition) is 2. The van der Waals surface area contributed by atoms with Gasteiger partial charge in [-0.15, -0.1) is 0 Å². The molecule has 3 amide bonds. The second-order valence-corrected chi connectivity index (χ2v) is 8.60. The van der Waals surface area contributed by atoms with E-state index in [-0.39, 0.29) is 18.4 Å². The summed E-state index contributed by atoms with van der Waals surface area (Å²) in [6, 6.07) is 7.33. The molecule has 1 aromatic rings. The van der Waals surface area contributed by atoms with Crippen molar-refractivity contribution in [1.29, 1.82) is 0 Å². The first-order valence-electron chi connectivity index (χ1n) is 9.90. The second-order valence-electron chi connectivity index (χ2n) is 8.60. The van der Waals surface area contributed by atoms with Gasteiger partial charge in [-0.3, -0.25) is 4.79 Å². The van der Waals surface area contributed by atoms with Gasteiger partial charge >= 0.3 is 6.03 Å². The summed E-state index contributed by atoms with van der Waals surface area (Å²) >= 11 is 0. The van der Waals surface area contributed by atoms with Crippen LogP contribution in [0.5, 0.6) is 0 Å².